The average molecular weight is 224 g/mol. The molecule has 0 bridgehead atoms. The first-order valence-corrected chi connectivity index (χ1v) is 5.93. The fourth-order valence-electron chi connectivity index (χ4n) is 1.63. The van der Waals surface area contributed by atoms with Crippen LogP contribution >= 0.6 is 0 Å². The molecule has 92 valence electrons. The van der Waals surface area contributed by atoms with E-state index >= 15 is 0 Å². The van der Waals surface area contributed by atoms with Gasteiger partial charge < -0.3 is 14.8 Å². The fourth-order valence-corrected chi connectivity index (χ4v) is 1.63. The van der Waals surface area contributed by atoms with Crippen molar-refractivity contribution in [2.24, 2.45) is 7.05 Å². The van der Waals surface area contributed by atoms with Crippen LogP contribution in [-0.2, 0) is 7.05 Å². The number of aryl methyl sites for hydroxylation is 1. The third-order valence-corrected chi connectivity index (χ3v) is 3.12. The molecule has 1 heterocycles. The van der Waals surface area contributed by atoms with E-state index in [0.717, 1.165) is 18.8 Å². The Hall–Kier alpha value is -0.870. The zero-order chi connectivity index (χ0) is 12.1. The van der Waals surface area contributed by atoms with Gasteiger partial charge in [0.1, 0.15) is 5.82 Å². The molecule has 1 rings (SSSR count). The molecule has 1 aromatic heterocycles. The molecule has 1 aromatic rings. The maximum absolute atomic E-state index is 4.40. The van der Waals surface area contributed by atoms with Gasteiger partial charge in [-0.1, -0.05) is 6.92 Å². The van der Waals surface area contributed by atoms with Crippen LogP contribution in [-0.4, -0.2) is 41.1 Å². The highest BCUT2D eigenvalue weighted by atomic mass is 15.1. The van der Waals surface area contributed by atoms with Gasteiger partial charge in [-0.05, 0) is 27.4 Å². The SMILES string of the molecule is CCC(NCC(C)N(C)C)c1nccn1C. The molecule has 0 radical (unpaired) electrons. The molecule has 0 saturated heterocycles. The number of nitrogens with zero attached hydrogens (tertiary/aromatic N) is 3. The summed E-state index contributed by atoms with van der Waals surface area (Å²) in [6, 6.07) is 0.886. The third kappa shape index (κ3) is 3.32. The van der Waals surface area contributed by atoms with Gasteiger partial charge >= 0.3 is 0 Å². The summed E-state index contributed by atoms with van der Waals surface area (Å²) in [5.41, 5.74) is 0. The van der Waals surface area contributed by atoms with Gasteiger partial charge in [0.25, 0.3) is 0 Å². The highest BCUT2D eigenvalue weighted by Crippen LogP contribution is 2.13. The van der Waals surface area contributed by atoms with Crippen LogP contribution in [0.1, 0.15) is 32.1 Å². The van der Waals surface area contributed by atoms with E-state index in [9.17, 15) is 0 Å². The number of hydrogen-bond donors (Lipinski definition) is 1. The van der Waals surface area contributed by atoms with E-state index in [1.807, 2.05) is 19.4 Å². The van der Waals surface area contributed by atoms with E-state index < -0.39 is 0 Å². The summed E-state index contributed by atoms with van der Waals surface area (Å²) in [6.07, 6.45) is 4.91. The molecule has 1 N–H and O–H groups in total. The van der Waals surface area contributed by atoms with Gasteiger partial charge in [0.05, 0.1) is 6.04 Å². The lowest BCUT2D eigenvalue weighted by atomic mass is 10.2. The monoisotopic (exact) mass is 224 g/mol. The van der Waals surface area contributed by atoms with Gasteiger partial charge in [0.15, 0.2) is 0 Å². The summed E-state index contributed by atoms with van der Waals surface area (Å²) in [5, 5.41) is 3.57. The lowest BCUT2D eigenvalue weighted by Crippen LogP contribution is -2.37. The lowest BCUT2D eigenvalue weighted by molar-refractivity contribution is 0.289. The second kappa shape index (κ2) is 6.01. The quantitative estimate of drug-likeness (QED) is 0.793. The van der Waals surface area contributed by atoms with Gasteiger partial charge in [0, 0.05) is 32.0 Å². The minimum Gasteiger partial charge on any atom is -0.337 e. The zero-order valence-electron chi connectivity index (χ0n) is 11.1. The Kier molecular flexibility index (Phi) is 4.96. The van der Waals surface area contributed by atoms with Crippen LogP contribution in [0.5, 0.6) is 0 Å². The van der Waals surface area contributed by atoms with Crippen LogP contribution in [0, 0.1) is 0 Å². The molecule has 0 spiro atoms. The second-order valence-corrected chi connectivity index (χ2v) is 4.58. The molecule has 16 heavy (non-hydrogen) atoms. The minimum atomic E-state index is 0.349. The Morgan fingerprint density at radius 3 is 2.62 bits per heavy atom. The van der Waals surface area contributed by atoms with Crippen LogP contribution < -0.4 is 5.32 Å². The Balaban J connectivity index is 2.54. The molecule has 4 nitrogen and oxygen atoms in total. The number of likely N-dealkylation sites (N-methyl/N-ethyl adjacent to an activating group) is 1. The lowest BCUT2D eigenvalue weighted by Gasteiger charge is -2.23. The Morgan fingerprint density at radius 1 is 1.50 bits per heavy atom. The molecule has 4 heteroatoms. The minimum absolute atomic E-state index is 0.349. The van der Waals surface area contributed by atoms with Crippen molar-refractivity contribution < 1.29 is 0 Å². The van der Waals surface area contributed by atoms with Crippen molar-refractivity contribution in [3.05, 3.63) is 18.2 Å². The van der Waals surface area contributed by atoms with Crippen molar-refractivity contribution in [1.82, 2.24) is 19.8 Å². The first kappa shape index (κ1) is 13.2. The van der Waals surface area contributed by atoms with E-state index in [-0.39, 0.29) is 0 Å². The standard InChI is InChI=1S/C12H24N4/c1-6-11(12-13-7-8-16(12)5)14-9-10(2)15(3)4/h7-8,10-11,14H,6,9H2,1-5H3. The van der Waals surface area contributed by atoms with E-state index in [2.05, 4.69) is 47.7 Å². The Labute approximate surface area is 98.7 Å². The summed E-state index contributed by atoms with van der Waals surface area (Å²) in [5.74, 6) is 1.12. The second-order valence-electron chi connectivity index (χ2n) is 4.58. The van der Waals surface area contributed by atoms with Gasteiger partial charge in [-0.3, -0.25) is 0 Å². The Morgan fingerprint density at radius 2 is 2.19 bits per heavy atom. The predicted molar refractivity (Wildman–Crippen MR) is 67.4 cm³/mol. The maximum atomic E-state index is 4.40. The van der Waals surface area contributed by atoms with Gasteiger partial charge in [-0.15, -0.1) is 0 Å². The average Bonchev–Trinajstić information content (AvgIpc) is 2.65. The van der Waals surface area contributed by atoms with Crippen molar-refractivity contribution >= 4 is 0 Å². The summed E-state index contributed by atoms with van der Waals surface area (Å²) in [7, 11) is 6.25. The molecule has 0 aliphatic rings. The molecule has 0 aliphatic heterocycles. The summed E-state index contributed by atoms with van der Waals surface area (Å²) in [4.78, 5) is 6.62. The number of hydrogen-bond acceptors (Lipinski definition) is 3. The molecule has 2 unspecified atom stereocenters. The van der Waals surface area contributed by atoms with Crippen molar-refractivity contribution in [2.45, 2.75) is 32.4 Å². The number of imidazole rings is 1. The third-order valence-electron chi connectivity index (χ3n) is 3.12. The van der Waals surface area contributed by atoms with Crippen molar-refractivity contribution in [3.8, 4) is 0 Å². The molecule has 0 saturated carbocycles. The van der Waals surface area contributed by atoms with E-state index in [1.165, 1.54) is 0 Å². The molecule has 0 aliphatic carbocycles. The van der Waals surface area contributed by atoms with Crippen LogP contribution in [0.3, 0.4) is 0 Å². The topological polar surface area (TPSA) is 33.1 Å². The van der Waals surface area contributed by atoms with Crippen molar-refractivity contribution in [3.63, 3.8) is 0 Å². The fraction of sp³-hybridized carbons (Fsp3) is 0.750. The van der Waals surface area contributed by atoms with Crippen LogP contribution in [0.25, 0.3) is 0 Å². The van der Waals surface area contributed by atoms with Crippen molar-refractivity contribution in [2.75, 3.05) is 20.6 Å². The van der Waals surface area contributed by atoms with E-state index in [0.29, 0.717) is 12.1 Å². The van der Waals surface area contributed by atoms with Gasteiger partial charge in [-0.2, -0.15) is 0 Å². The van der Waals surface area contributed by atoms with E-state index in [1.54, 1.807) is 0 Å². The number of nitrogens with one attached hydrogen (secondary N) is 1. The highest BCUT2D eigenvalue weighted by Gasteiger charge is 2.14. The maximum Gasteiger partial charge on any atom is 0.125 e. The van der Waals surface area contributed by atoms with Gasteiger partial charge in [0.2, 0.25) is 0 Å². The number of rotatable bonds is 6. The van der Waals surface area contributed by atoms with Crippen LogP contribution in [0.2, 0.25) is 0 Å². The largest absolute Gasteiger partial charge is 0.337 e. The normalized spacial score (nSPS) is 15.4. The van der Waals surface area contributed by atoms with E-state index in [4.69, 9.17) is 0 Å². The van der Waals surface area contributed by atoms with Crippen molar-refractivity contribution in [1.29, 1.82) is 0 Å². The molecule has 0 fully saturated rings. The number of aromatic nitrogens is 2. The molecular formula is C12H24N4. The predicted octanol–water partition coefficient (Wildman–Crippen LogP) is 1.41. The molecule has 2 atom stereocenters. The van der Waals surface area contributed by atoms with Gasteiger partial charge in [-0.25, -0.2) is 4.98 Å². The first-order valence-electron chi connectivity index (χ1n) is 5.93. The Bertz CT molecular complexity index is 306. The highest BCUT2D eigenvalue weighted by molar-refractivity contribution is 4.98. The summed E-state index contributed by atoms with van der Waals surface area (Å²) >= 11 is 0. The van der Waals surface area contributed by atoms with Crippen LogP contribution in [0.4, 0.5) is 0 Å². The summed E-state index contributed by atoms with van der Waals surface area (Å²) < 4.78 is 2.08. The summed E-state index contributed by atoms with van der Waals surface area (Å²) in [6.45, 7) is 5.39. The first-order chi connectivity index (χ1) is 7.56. The molecule has 0 amide bonds. The molecular weight excluding hydrogens is 200 g/mol. The molecule has 0 aromatic carbocycles. The zero-order valence-corrected chi connectivity index (χ0v) is 11.1. The van der Waals surface area contributed by atoms with Crippen LogP contribution in [0.15, 0.2) is 12.4 Å². The smallest absolute Gasteiger partial charge is 0.125 e.